The Balaban J connectivity index is 0.00000144. The quantitative estimate of drug-likeness (QED) is 0.498. The molecule has 0 amide bonds. The van der Waals surface area contributed by atoms with E-state index in [1.807, 2.05) is 24.3 Å². The molecule has 0 atom stereocenters. The molecule has 0 fully saturated rings. The number of thiol groups is 2. The summed E-state index contributed by atoms with van der Waals surface area (Å²) in [6, 6.07) is 5.43. The third-order valence-corrected chi connectivity index (χ3v) is 4.76. The van der Waals surface area contributed by atoms with Gasteiger partial charge in [0.2, 0.25) is 0 Å². The zero-order valence-electron chi connectivity index (χ0n) is 9.46. The first-order valence-electron chi connectivity index (χ1n) is 4.77. The largest absolute Gasteiger partial charge is 0.465 e. The average Bonchev–Trinajstić information content (AvgIpc) is 2.82. The smallest absolute Gasteiger partial charge is 0.337 e. The number of carbonyl (C=O) groups excluding carboxylic acids is 1. The van der Waals surface area contributed by atoms with Gasteiger partial charge in [-0.1, -0.05) is 12.2 Å². The summed E-state index contributed by atoms with van der Waals surface area (Å²) in [6.07, 6.45) is 4.04. The van der Waals surface area contributed by atoms with Crippen LogP contribution in [0.25, 0.3) is 0 Å². The van der Waals surface area contributed by atoms with E-state index in [0.717, 1.165) is 9.79 Å². The third-order valence-electron chi connectivity index (χ3n) is 2.28. The van der Waals surface area contributed by atoms with Crippen LogP contribution in [0.15, 0.2) is 51.0 Å². The summed E-state index contributed by atoms with van der Waals surface area (Å²) in [4.78, 5) is 13.4. The molecule has 2 nitrogen and oxygen atoms in total. The van der Waals surface area contributed by atoms with Gasteiger partial charge in [-0.25, -0.2) is 4.79 Å². The zero-order valence-corrected chi connectivity index (χ0v) is 14.2. The number of esters is 1. The van der Waals surface area contributed by atoms with E-state index in [4.69, 9.17) is 4.74 Å². The van der Waals surface area contributed by atoms with E-state index in [9.17, 15) is 4.79 Å². The second-order valence-corrected chi connectivity index (χ2v) is 5.66. The van der Waals surface area contributed by atoms with E-state index in [2.05, 4.69) is 23.4 Å². The van der Waals surface area contributed by atoms with Crippen molar-refractivity contribution in [1.29, 1.82) is 0 Å². The number of ether oxygens (including phenoxy) is 1. The van der Waals surface area contributed by atoms with E-state index < -0.39 is 10.9 Å². The Morgan fingerprint density at radius 3 is 2.53 bits per heavy atom. The van der Waals surface area contributed by atoms with Crippen LogP contribution in [0.2, 0.25) is 0 Å². The Hall–Kier alpha value is -0.507. The van der Waals surface area contributed by atoms with Crippen molar-refractivity contribution in [1.82, 2.24) is 0 Å². The molecule has 1 aromatic rings. The second-order valence-electron chi connectivity index (χ2n) is 3.29. The summed E-state index contributed by atoms with van der Waals surface area (Å²) in [5.74, 6) is -0.309. The van der Waals surface area contributed by atoms with Crippen molar-refractivity contribution < 1.29 is 29.0 Å². The molecule has 1 aromatic carbocycles. The number of rotatable bonds is 2. The molecule has 5 heteroatoms. The summed E-state index contributed by atoms with van der Waals surface area (Å²) in [7, 11) is 0.934. The Morgan fingerprint density at radius 2 is 1.94 bits per heavy atom. The van der Waals surface area contributed by atoms with Crippen LogP contribution in [0.4, 0.5) is 0 Å². The van der Waals surface area contributed by atoms with Crippen molar-refractivity contribution in [3.8, 4) is 0 Å². The van der Waals surface area contributed by atoms with Crippen molar-refractivity contribution >= 4 is 29.5 Å². The molecule has 1 aliphatic heterocycles. The number of methoxy groups -OCH3 is 1. The first kappa shape index (κ1) is 14.6. The maximum Gasteiger partial charge on any atom is 0.337 e. The number of allylic oxidation sites excluding steroid dienone is 2. The fraction of sp³-hybridized carbons (Fsp3) is 0.0833. The fourth-order valence-corrected chi connectivity index (χ4v) is 3.57. The van der Waals surface area contributed by atoms with Crippen LogP contribution in [-0.2, 0) is 24.2 Å². The van der Waals surface area contributed by atoms with Gasteiger partial charge >= 0.3 is 5.97 Å². The first-order valence-corrected chi connectivity index (χ1v) is 6.70. The van der Waals surface area contributed by atoms with Crippen LogP contribution >= 0.6 is 23.5 Å². The maximum absolute atomic E-state index is 11.4. The van der Waals surface area contributed by atoms with E-state index in [0.29, 0.717) is 5.56 Å². The van der Waals surface area contributed by atoms with Gasteiger partial charge in [-0.15, -0.1) is 12.6 Å². The van der Waals surface area contributed by atoms with Crippen LogP contribution in [0.1, 0.15) is 10.4 Å². The monoisotopic (exact) mass is 316 g/mol. The predicted octanol–water partition coefficient (Wildman–Crippen LogP) is 3.16. The molecule has 17 heavy (non-hydrogen) atoms. The SMILES string of the molecule is COC(=O)c1ccc(S)c([SH]2C=CC=C2)c1.[Zn]. The molecule has 0 aliphatic carbocycles. The van der Waals surface area contributed by atoms with Crippen LogP contribution in [-0.4, -0.2) is 13.1 Å². The molecule has 0 bridgehead atoms. The Bertz CT molecular complexity index is 471. The molecule has 1 heterocycles. The number of hydrogen-bond acceptors (Lipinski definition) is 3. The van der Waals surface area contributed by atoms with Gasteiger partial charge in [-0.2, -0.15) is 10.9 Å². The minimum absolute atomic E-state index is 0. The standard InChI is InChI=1S/C12H12O2S2.Zn/c1-14-12(13)9-4-5-10(15)11(8-9)16-6-2-3-7-16;/h2-8,15-16H,1H3;. The first-order chi connectivity index (χ1) is 7.72. The summed E-state index contributed by atoms with van der Waals surface area (Å²) >= 11 is 4.41. The molecular weight excluding hydrogens is 306 g/mol. The maximum atomic E-state index is 11.4. The summed E-state index contributed by atoms with van der Waals surface area (Å²) in [6.45, 7) is 0. The third kappa shape index (κ3) is 3.24. The van der Waals surface area contributed by atoms with Gasteiger partial charge in [0.15, 0.2) is 0 Å². The van der Waals surface area contributed by atoms with Crippen molar-refractivity contribution in [3.63, 3.8) is 0 Å². The Labute approximate surface area is 122 Å². The van der Waals surface area contributed by atoms with E-state index in [-0.39, 0.29) is 25.4 Å². The molecule has 2 rings (SSSR count). The summed E-state index contributed by atoms with van der Waals surface area (Å²) < 4.78 is 4.70. The molecule has 86 valence electrons. The topological polar surface area (TPSA) is 26.3 Å². The number of carbonyl (C=O) groups is 1. The summed E-state index contributed by atoms with van der Waals surface area (Å²) in [5, 5.41) is 4.26. The molecule has 1 aliphatic rings. The van der Waals surface area contributed by atoms with Crippen molar-refractivity contribution in [2.24, 2.45) is 0 Å². The van der Waals surface area contributed by atoms with Gasteiger partial charge in [-0.3, -0.25) is 0 Å². The van der Waals surface area contributed by atoms with Crippen LogP contribution in [0, 0.1) is 0 Å². The molecule has 0 spiro atoms. The molecule has 0 aromatic heterocycles. The number of hydrogen-bond donors (Lipinski definition) is 2. The van der Waals surface area contributed by atoms with Gasteiger partial charge < -0.3 is 4.74 Å². The average molecular weight is 318 g/mol. The fourth-order valence-electron chi connectivity index (χ4n) is 1.47. The second kappa shape index (κ2) is 6.43. The van der Waals surface area contributed by atoms with Gasteiger partial charge in [0.25, 0.3) is 0 Å². The Morgan fingerprint density at radius 1 is 1.29 bits per heavy atom. The minimum atomic E-state index is -0.452. The molecule has 0 unspecified atom stereocenters. The summed E-state index contributed by atoms with van der Waals surface area (Å²) in [5.41, 5.74) is 0.575. The van der Waals surface area contributed by atoms with Crippen LogP contribution in [0.5, 0.6) is 0 Å². The van der Waals surface area contributed by atoms with Gasteiger partial charge in [0.1, 0.15) is 0 Å². The van der Waals surface area contributed by atoms with Crippen LogP contribution in [0.3, 0.4) is 0 Å². The zero-order chi connectivity index (χ0) is 11.5. The van der Waals surface area contributed by atoms with E-state index >= 15 is 0 Å². The normalized spacial score (nSPS) is 14.6. The van der Waals surface area contributed by atoms with Gasteiger partial charge in [0, 0.05) is 29.3 Å². The van der Waals surface area contributed by atoms with E-state index in [1.54, 1.807) is 6.07 Å². The van der Waals surface area contributed by atoms with Crippen LogP contribution < -0.4 is 0 Å². The molecule has 0 N–H and O–H groups in total. The number of benzene rings is 1. The molecule has 0 saturated heterocycles. The van der Waals surface area contributed by atoms with Crippen molar-refractivity contribution in [2.45, 2.75) is 9.79 Å². The van der Waals surface area contributed by atoms with Gasteiger partial charge in [0.05, 0.1) is 12.7 Å². The molecule has 0 saturated carbocycles. The molecular formula is C12H12O2S2Zn. The minimum Gasteiger partial charge on any atom is -0.465 e. The van der Waals surface area contributed by atoms with E-state index in [1.165, 1.54) is 7.11 Å². The predicted molar refractivity (Wildman–Crippen MR) is 70.6 cm³/mol. The molecule has 0 radical (unpaired) electrons. The Kier molecular flexibility index (Phi) is 5.51. The van der Waals surface area contributed by atoms with Crippen molar-refractivity contribution in [2.75, 3.05) is 7.11 Å². The van der Waals surface area contributed by atoms with Gasteiger partial charge in [-0.05, 0) is 29.0 Å². The van der Waals surface area contributed by atoms with Crippen molar-refractivity contribution in [3.05, 3.63) is 46.7 Å².